The minimum absolute atomic E-state index is 0.0463. The van der Waals surface area contributed by atoms with E-state index in [0.717, 1.165) is 34.7 Å². The lowest BCUT2D eigenvalue weighted by Crippen LogP contribution is -2.33. The summed E-state index contributed by atoms with van der Waals surface area (Å²) in [6.07, 6.45) is 0.0926. The third-order valence-electron chi connectivity index (χ3n) is 5.70. The van der Waals surface area contributed by atoms with Crippen molar-refractivity contribution >= 4 is 91.6 Å². The molecule has 4 rings (SSSR count). The molecular formula is C26H24N4O4S4. The van der Waals surface area contributed by atoms with E-state index in [1.807, 2.05) is 38.1 Å². The molecule has 2 saturated heterocycles. The molecule has 0 aliphatic carbocycles. The number of amides is 4. The van der Waals surface area contributed by atoms with E-state index in [9.17, 15) is 19.2 Å². The van der Waals surface area contributed by atoms with Gasteiger partial charge in [0, 0.05) is 37.3 Å². The summed E-state index contributed by atoms with van der Waals surface area (Å²) in [5.74, 6) is -1.36. The van der Waals surface area contributed by atoms with E-state index in [1.165, 1.54) is 9.80 Å². The van der Waals surface area contributed by atoms with Crippen LogP contribution in [0.2, 0.25) is 0 Å². The van der Waals surface area contributed by atoms with Gasteiger partial charge in [0.25, 0.3) is 11.8 Å². The maximum absolute atomic E-state index is 13.1. The average molecular weight is 585 g/mol. The molecule has 4 amide bonds. The Labute approximate surface area is 239 Å². The summed E-state index contributed by atoms with van der Waals surface area (Å²) >= 11 is 12.8. The van der Waals surface area contributed by atoms with Crippen LogP contribution in [0.5, 0.6) is 0 Å². The van der Waals surface area contributed by atoms with Crippen LogP contribution in [0.4, 0.5) is 11.4 Å². The molecule has 2 fully saturated rings. The van der Waals surface area contributed by atoms with Crippen LogP contribution in [0.25, 0.3) is 0 Å². The van der Waals surface area contributed by atoms with Gasteiger partial charge in [0.2, 0.25) is 11.8 Å². The molecule has 0 bridgehead atoms. The van der Waals surface area contributed by atoms with Gasteiger partial charge in [-0.25, -0.2) is 0 Å². The van der Waals surface area contributed by atoms with Crippen molar-refractivity contribution in [3.63, 3.8) is 0 Å². The number of benzene rings is 2. The van der Waals surface area contributed by atoms with Crippen molar-refractivity contribution in [1.29, 1.82) is 0 Å². The number of nitrogens with one attached hydrogen (secondary N) is 2. The SMILES string of the molecule is Cc1ccc(NC(=O)CCN2C(=O)C(=C3SC(=S)N(CCC(=O)Nc4ccc(C)cc4)C3=O)SC2=S)cc1. The van der Waals surface area contributed by atoms with Crippen molar-refractivity contribution in [2.24, 2.45) is 0 Å². The second kappa shape index (κ2) is 12.2. The Hall–Kier alpha value is -3.06. The normalized spacial score (nSPS) is 17.4. The molecule has 0 aromatic heterocycles. The molecular weight excluding hydrogens is 561 g/mol. The summed E-state index contributed by atoms with van der Waals surface area (Å²) in [5.41, 5.74) is 3.50. The monoisotopic (exact) mass is 584 g/mol. The Morgan fingerprint density at radius 2 is 1.03 bits per heavy atom. The second-order valence-electron chi connectivity index (χ2n) is 8.64. The summed E-state index contributed by atoms with van der Waals surface area (Å²) in [6, 6.07) is 14.8. The lowest BCUT2D eigenvalue weighted by Gasteiger charge is -2.15. The molecule has 2 aliphatic rings. The van der Waals surface area contributed by atoms with E-state index in [-0.39, 0.29) is 56.2 Å². The molecule has 2 aliphatic heterocycles. The van der Waals surface area contributed by atoms with Crippen LogP contribution in [-0.4, -0.2) is 55.2 Å². The van der Waals surface area contributed by atoms with Gasteiger partial charge in [-0.15, -0.1) is 0 Å². The summed E-state index contributed by atoms with van der Waals surface area (Å²) in [4.78, 5) is 54.0. The Kier molecular flexibility index (Phi) is 8.98. The Bertz CT molecular complexity index is 1250. The van der Waals surface area contributed by atoms with E-state index < -0.39 is 11.8 Å². The number of carbonyl (C=O) groups excluding carboxylic acids is 4. The lowest BCUT2D eigenvalue weighted by molar-refractivity contribution is -0.125. The molecule has 38 heavy (non-hydrogen) atoms. The third kappa shape index (κ3) is 6.68. The largest absolute Gasteiger partial charge is 0.326 e. The van der Waals surface area contributed by atoms with Gasteiger partial charge in [0.1, 0.15) is 8.64 Å². The lowest BCUT2D eigenvalue weighted by atomic mass is 10.2. The summed E-state index contributed by atoms with van der Waals surface area (Å²) in [7, 11) is 0. The first-order chi connectivity index (χ1) is 18.1. The van der Waals surface area contributed by atoms with Gasteiger partial charge >= 0.3 is 0 Å². The molecule has 0 unspecified atom stereocenters. The first-order valence-corrected chi connectivity index (χ1v) is 14.1. The summed E-state index contributed by atoms with van der Waals surface area (Å²) in [5, 5.41) is 5.59. The van der Waals surface area contributed by atoms with Crippen molar-refractivity contribution < 1.29 is 19.2 Å². The van der Waals surface area contributed by atoms with Crippen molar-refractivity contribution in [2.75, 3.05) is 23.7 Å². The summed E-state index contributed by atoms with van der Waals surface area (Å²) < 4.78 is 0.548. The highest BCUT2D eigenvalue weighted by molar-refractivity contribution is 8.29. The topological polar surface area (TPSA) is 98.8 Å². The van der Waals surface area contributed by atoms with Crippen LogP contribution in [0.15, 0.2) is 58.3 Å². The number of hydrogen-bond donors (Lipinski definition) is 2. The van der Waals surface area contributed by atoms with E-state index in [1.54, 1.807) is 24.3 Å². The molecule has 2 heterocycles. The van der Waals surface area contributed by atoms with Gasteiger partial charge in [-0.2, -0.15) is 0 Å². The Balaban J connectivity index is 1.34. The first-order valence-electron chi connectivity index (χ1n) is 11.7. The van der Waals surface area contributed by atoms with E-state index >= 15 is 0 Å². The van der Waals surface area contributed by atoms with E-state index in [4.69, 9.17) is 24.4 Å². The molecule has 2 aromatic carbocycles. The quantitative estimate of drug-likeness (QED) is 0.343. The van der Waals surface area contributed by atoms with Crippen LogP contribution in [0.3, 0.4) is 0 Å². The van der Waals surface area contributed by atoms with Crippen LogP contribution < -0.4 is 10.6 Å². The number of carbonyl (C=O) groups is 4. The van der Waals surface area contributed by atoms with Gasteiger partial charge in [-0.3, -0.25) is 29.0 Å². The van der Waals surface area contributed by atoms with Crippen molar-refractivity contribution in [3.05, 3.63) is 69.5 Å². The fraction of sp³-hybridized carbons (Fsp3) is 0.231. The number of anilines is 2. The molecule has 8 nitrogen and oxygen atoms in total. The highest BCUT2D eigenvalue weighted by Crippen LogP contribution is 2.42. The highest BCUT2D eigenvalue weighted by Gasteiger charge is 2.42. The van der Waals surface area contributed by atoms with E-state index in [0.29, 0.717) is 11.4 Å². The summed E-state index contributed by atoms with van der Waals surface area (Å²) in [6.45, 7) is 4.09. The number of aryl methyl sites for hydroxylation is 2. The second-order valence-corrected chi connectivity index (χ2v) is 11.9. The number of thioether (sulfide) groups is 2. The van der Waals surface area contributed by atoms with Gasteiger partial charge in [0.15, 0.2) is 0 Å². The number of hydrogen-bond acceptors (Lipinski definition) is 8. The number of rotatable bonds is 8. The minimum Gasteiger partial charge on any atom is -0.326 e. The van der Waals surface area contributed by atoms with Gasteiger partial charge in [-0.05, 0) is 38.1 Å². The minimum atomic E-state index is -0.430. The predicted octanol–water partition coefficient (Wildman–Crippen LogP) is 4.59. The standard InChI is InChI=1S/C26H24N4O4S4/c1-15-3-7-17(8-4-15)27-19(31)11-13-29-23(33)21(37-25(29)35)22-24(34)30(26(36)38-22)14-12-20(32)28-18-9-5-16(2)6-10-18/h3-10H,11-14H2,1-2H3,(H,27,31)(H,28,32). The smallest absolute Gasteiger partial charge is 0.267 e. The fourth-order valence-electron chi connectivity index (χ4n) is 3.60. The van der Waals surface area contributed by atoms with Crippen LogP contribution in [-0.2, 0) is 19.2 Å². The fourth-order valence-corrected chi connectivity index (χ4v) is 6.37. The third-order valence-corrected chi connectivity index (χ3v) is 8.73. The van der Waals surface area contributed by atoms with Crippen molar-refractivity contribution in [2.45, 2.75) is 26.7 Å². The van der Waals surface area contributed by atoms with Crippen molar-refractivity contribution in [1.82, 2.24) is 9.80 Å². The molecule has 0 spiro atoms. The van der Waals surface area contributed by atoms with Crippen LogP contribution >= 0.6 is 48.0 Å². The Morgan fingerprint density at radius 1 is 0.684 bits per heavy atom. The average Bonchev–Trinajstić information content (AvgIpc) is 3.32. The van der Waals surface area contributed by atoms with Crippen molar-refractivity contribution in [3.8, 4) is 0 Å². The molecule has 12 heteroatoms. The predicted molar refractivity (Wildman–Crippen MR) is 160 cm³/mol. The first kappa shape index (κ1) is 28.0. The van der Waals surface area contributed by atoms with Gasteiger partial charge < -0.3 is 10.6 Å². The maximum Gasteiger partial charge on any atom is 0.267 e. The Morgan fingerprint density at radius 3 is 1.37 bits per heavy atom. The highest BCUT2D eigenvalue weighted by atomic mass is 32.2. The molecule has 2 aromatic rings. The van der Waals surface area contributed by atoms with Crippen LogP contribution in [0, 0.1) is 13.8 Å². The zero-order chi connectivity index (χ0) is 27.4. The molecule has 0 atom stereocenters. The van der Waals surface area contributed by atoms with Gasteiger partial charge in [0.05, 0.1) is 9.81 Å². The molecule has 0 radical (unpaired) electrons. The number of thiocarbonyl (C=S) groups is 2. The zero-order valence-electron chi connectivity index (χ0n) is 20.6. The van der Waals surface area contributed by atoms with E-state index in [2.05, 4.69) is 10.6 Å². The number of nitrogens with zero attached hydrogens (tertiary/aromatic N) is 2. The van der Waals surface area contributed by atoms with Gasteiger partial charge in [-0.1, -0.05) is 83.4 Å². The zero-order valence-corrected chi connectivity index (χ0v) is 23.9. The molecule has 0 saturated carbocycles. The van der Waals surface area contributed by atoms with Crippen LogP contribution in [0.1, 0.15) is 24.0 Å². The molecule has 196 valence electrons. The maximum atomic E-state index is 13.1. The molecule has 2 N–H and O–H groups in total.